The second-order valence-corrected chi connectivity index (χ2v) is 8.49. The molecule has 2 amide bonds. The number of aromatic nitrogens is 1. The topological polar surface area (TPSA) is 83.9 Å². The summed E-state index contributed by atoms with van der Waals surface area (Å²) in [4.78, 5) is 36.7. The highest BCUT2D eigenvalue weighted by Crippen LogP contribution is 2.34. The van der Waals surface area contributed by atoms with E-state index in [0.717, 1.165) is 23.4 Å². The Morgan fingerprint density at radius 3 is 2.46 bits per heavy atom. The van der Waals surface area contributed by atoms with E-state index in [4.69, 9.17) is 9.73 Å². The summed E-state index contributed by atoms with van der Waals surface area (Å²) >= 11 is 0. The molecule has 1 N–H and O–H groups in total. The minimum absolute atomic E-state index is 0.0284. The molecule has 2 aromatic carbocycles. The molecule has 0 bridgehead atoms. The van der Waals surface area contributed by atoms with E-state index in [-0.39, 0.29) is 24.6 Å². The average Bonchev–Trinajstić information content (AvgIpc) is 3.10. The summed E-state index contributed by atoms with van der Waals surface area (Å²) in [7, 11) is 0. The van der Waals surface area contributed by atoms with E-state index >= 15 is 0 Å². The number of pyridine rings is 1. The van der Waals surface area contributed by atoms with Crippen molar-refractivity contribution in [2.24, 2.45) is 4.99 Å². The summed E-state index contributed by atoms with van der Waals surface area (Å²) in [6.45, 7) is 0.373. The summed E-state index contributed by atoms with van der Waals surface area (Å²) in [6.07, 6.45) is 2.92. The van der Waals surface area contributed by atoms with Gasteiger partial charge in [0.25, 0.3) is 5.91 Å². The van der Waals surface area contributed by atoms with Gasteiger partial charge in [0, 0.05) is 35.7 Å². The van der Waals surface area contributed by atoms with E-state index in [9.17, 15) is 18.4 Å². The Morgan fingerprint density at radius 1 is 1.06 bits per heavy atom. The van der Waals surface area contributed by atoms with Crippen molar-refractivity contribution in [1.82, 2.24) is 9.88 Å². The van der Waals surface area contributed by atoms with Crippen molar-refractivity contribution < 1.29 is 23.1 Å². The van der Waals surface area contributed by atoms with E-state index in [0.29, 0.717) is 31.1 Å². The maximum Gasteiger partial charge on any atom is 0.275 e. The third kappa shape index (κ3) is 4.67. The largest absolute Gasteiger partial charge is 0.377 e. The van der Waals surface area contributed by atoms with Gasteiger partial charge in [-0.05, 0) is 37.1 Å². The number of nitrogens with one attached hydrogen (secondary N) is 1. The molecule has 0 saturated carbocycles. The van der Waals surface area contributed by atoms with Crippen LogP contribution < -0.4 is 5.32 Å². The van der Waals surface area contributed by atoms with Gasteiger partial charge in [-0.1, -0.05) is 30.3 Å². The highest BCUT2D eigenvalue weighted by Gasteiger charge is 2.49. The van der Waals surface area contributed by atoms with Crippen LogP contribution in [0.3, 0.4) is 0 Å². The zero-order chi connectivity index (χ0) is 24.4. The van der Waals surface area contributed by atoms with E-state index in [1.54, 1.807) is 18.3 Å². The van der Waals surface area contributed by atoms with Gasteiger partial charge in [-0.15, -0.1) is 0 Å². The molecule has 1 saturated heterocycles. The summed E-state index contributed by atoms with van der Waals surface area (Å²) in [5.74, 6) is -2.61. The van der Waals surface area contributed by atoms with Crippen LogP contribution in [-0.2, 0) is 14.3 Å². The number of benzene rings is 2. The molecule has 7 nitrogen and oxygen atoms in total. The number of aliphatic imine (C=N–C) groups is 1. The van der Waals surface area contributed by atoms with Crippen LogP contribution in [0.5, 0.6) is 0 Å². The number of anilines is 1. The molecule has 1 atom stereocenters. The monoisotopic (exact) mass is 476 g/mol. The Balaban J connectivity index is 1.39. The summed E-state index contributed by atoms with van der Waals surface area (Å²) in [5.41, 5.74) is 1.54. The van der Waals surface area contributed by atoms with Gasteiger partial charge in [0.15, 0.2) is 5.66 Å². The second-order valence-electron chi connectivity index (χ2n) is 8.49. The quantitative estimate of drug-likeness (QED) is 0.607. The molecule has 5 rings (SSSR count). The Hall–Kier alpha value is -3.98. The number of amides is 2. The zero-order valence-corrected chi connectivity index (χ0v) is 18.7. The third-order valence-electron chi connectivity index (χ3n) is 6.04. The molecule has 178 valence electrons. The molecule has 9 heteroatoms. The average molecular weight is 476 g/mol. The molecule has 35 heavy (non-hydrogen) atoms. The Morgan fingerprint density at radius 2 is 1.80 bits per heavy atom. The van der Waals surface area contributed by atoms with Crippen LogP contribution in [0.15, 0.2) is 71.9 Å². The fourth-order valence-corrected chi connectivity index (χ4v) is 4.41. The number of hydrogen-bond donors (Lipinski definition) is 1. The lowest BCUT2D eigenvalue weighted by Crippen LogP contribution is -2.54. The van der Waals surface area contributed by atoms with Gasteiger partial charge < -0.3 is 15.0 Å². The maximum absolute atomic E-state index is 13.5. The van der Waals surface area contributed by atoms with Crippen LogP contribution in [0, 0.1) is 11.6 Å². The number of carbonyl (C=O) groups excluding carboxylic acids is 2. The number of ether oxygens (including phenoxy) is 1. The number of nitrogens with zero attached hydrogens (tertiary/aromatic N) is 3. The molecule has 2 aliphatic heterocycles. The third-order valence-corrected chi connectivity index (χ3v) is 6.04. The summed E-state index contributed by atoms with van der Waals surface area (Å²) < 4.78 is 32.7. The highest BCUT2D eigenvalue weighted by molar-refractivity contribution is 6.47. The predicted octanol–water partition coefficient (Wildman–Crippen LogP) is 3.80. The number of hydrogen-bond acceptors (Lipinski definition) is 5. The van der Waals surface area contributed by atoms with Crippen molar-refractivity contribution in [2.45, 2.75) is 18.5 Å². The molecule has 3 aromatic rings. The summed E-state index contributed by atoms with van der Waals surface area (Å²) in [5, 5.41) is 2.46. The first-order chi connectivity index (χ1) is 16.9. The molecule has 1 unspecified atom stereocenters. The van der Waals surface area contributed by atoms with E-state index < -0.39 is 29.1 Å². The predicted molar refractivity (Wildman–Crippen MR) is 126 cm³/mol. The molecular formula is C26H22F2N4O3. The van der Waals surface area contributed by atoms with Crippen molar-refractivity contribution >= 4 is 23.2 Å². The SMILES string of the molecule is O=C(CN1C(=O)C(c2ccc(-c3ccccn3)cc2)=NC12CCCOC2)Nc1cc(F)cc(F)c1. The van der Waals surface area contributed by atoms with Gasteiger partial charge in [0.05, 0.1) is 12.3 Å². The standard InChI is InChI=1S/C26H22F2N4O3/c27-19-12-20(28)14-21(13-19)30-23(33)15-32-25(34)24(31-26(32)9-3-11-35-16-26)18-7-5-17(6-8-18)22-4-1-2-10-29-22/h1-2,4-8,10,12-14H,3,9,11,15-16H2,(H,30,33). The van der Waals surface area contributed by atoms with Crippen molar-refractivity contribution in [3.8, 4) is 11.3 Å². The normalized spacial score (nSPS) is 19.7. The van der Waals surface area contributed by atoms with E-state index in [1.165, 1.54) is 4.90 Å². The van der Waals surface area contributed by atoms with Gasteiger partial charge >= 0.3 is 0 Å². The lowest BCUT2D eigenvalue weighted by molar-refractivity contribution is -0.137. The molecular weight excluding hydrogens is 454 g/mol. The molecule has 1 aromatic heterocycles. The molecule has 1 spiro atoms. The van der Waals surface area contributed by atoms with Crippen LogP contribution in [0.25, 0.3) is 11.3 Å². The van der Waals surface area contributed by atoms with Crippen LogP contribution in [-0.4, -0.2) is 52.8 Å². The van der Waals surface area contributed by atoms with Crippen LogP contribution in [0.4, 0.5) is 14.5 Å². The van der Waals surface area contributed by atoms with Crippen LogP contribution in [0.1, 0.15) is 18.4 Å². The molecule has 1 fully saturated rings. The lowest BCUT2D eigenvalue weighted by Gasteiger charge is -2.38. The van der Waals surface area contributed by atoms with Crippen LogP contribution in [0.2, 0.25) is 0 Å². The first-order valence-corrected chi connectivity index (χ1v) is 11.2. The molecule has 3 heterocycles. The molecule has 0 radical (unpaired) electrons. The number of halogens is 2. The Kier molecular flexibility index (Phi) is 6.08. The Labute approximate surface area is 200 Å². The second kappa shape index (κ2) is 9.34. The minimum Gasteiger partial charge on any atom is -0.377 e. The maximum atomic E-state index is 13.5. The molecule has 0 aliphatic carbocycles. The smallest absolute Gasteiger partial charge is 0.275 e. The molecule has 2 aliphatic rings. The van der Waals surface area contributed by atoms with E-state index in [1.807, 2.05) is 30.3 Å². The van der Waals surface area contributed by atoms with Crippen molar-refractivity contribution in [3.63, 3.8) is 0 Å². The lowest BCUT2D eigenvalue weighted by atomic mass is 10.0. The fourth-order valence-electron chi connectivity index (χ4n) is 4.41. The number of carbonyl (C=O) groups is 2. The van der Waals surface area contributed by atoms with Gasteiger partial charge in [-0.25, -0.2) is 13.8 Å². The zero-order valence-electron chi connectivity index (χ0n) is 18.7. The first kappa shape index (κ1) is 22.8. The minimum atomic E-state index is -1.01. The van der Waals surface area contributed by atoms with Gasteiger partial charge in [-0.3, -0.25) is 14.6 Å². The van der Waals surface area contributed by atoms with Crippen molar-refractivity contribution in [3.05, 3.63) is 84.1 Å². The summed E-state index contributed by atoms with van der Waals surface area (Å²) in [6, 6.07) is 15.7. The van der Waals surface area contributed by atoms with E-state index in [2.05, 4.69) is 10.3 Å². The van der Waals surface area contributed by atoms with Gasteiger partial charge in [-0.2, -0.15) is 0 Å². The Bertz CT molecular complexity index is 1270. The highest BCUT2D eigenvalue weighted by atomic mass is 19.1. The first-order valence-electron chi connectivity index (χ1n) is 11.2. The van der Waals surface area contributed by atoms with Gasteiger partial charge in [0.1, 0.15) is 23.9 Å². The fraction of sp³-hybridized carbons (Fsp3) is 0.231. The van der Waals surface area contributed by atoms with Gasteiger partial charge in [0.2, 0.25) is 5.91 Å². The van der Waals surface area contributed by atoms with Crippen LogP contribution >= 0.6 is 0 Å². The van der Waals surface area contributed by atoms with Crippen molar-refractivity contribution in [2.75, 3.05) is 25.1 Å². The number of rotatable bonds is 5. The van der Waals surface area contributed by atoms with Crippen molar-refractivity contribution in [1.29, 1.82) is 0 Å².